The molecule has 2 aromatic rings. The number of carbonyl (C=O) groups is 2. The van der Waals surface area contributed by atoms with Crippen LogP contribution in [0.5, 0.6) is 17.2 Å². The summed E-state index contributed by atoms with van der Waals surface area (Å²) in [5.41, 5.74) is -1.68. The predicted octanol–water partition coefficient (Wildman–Crippen LogP) is 9.68. The molecule has 0 aliphatic carbocycles. The normalized spacial score (nSPS) is 13.6. The molecule has 0 aromatic heterocycles. The number of alkyl halides is 5. The van der Waals surface area contributed by atoms with Crippen molar-refractivity contribution in [3.05, 3.63) is 53.1 Å². The lowest BCUT2D eigenvalue weighted by molar-refractivity contribution is -0.154. The molecular weight excluding hydrogens is 623 g/mol. The highest BCUT2D eigenvalue weighted by atomic mass is 19.4. The van der Waals surface area contributed by atoms with E-state index >= 15 is 0 Å². The third kappa shape index (κ3) is 12.8. The summed E-state index contributed by atoms with van der Waals surface area (Å²) in [5.74, 6) is -3.18. The summed E-state index contributed by atoms with van der Waals surface area (Å²) in [4.78, 5) is 24.6. The molecule has 0 saturated carbocycles. The Labute approximate surface area is 274 Å². The fraction of sp³-hybridized carbons (Fsp3) is 0.556. The standard InChI is InChI=1S/C36H47F5O6/c1-33(2,3)22-30(34(4,5)6)32(43)47-18-10-16-35(37,38)15-9-17-46-27-12-11-24(31(21-27)45-8)19-25(23-42)28-14-13-26(44-7)20-29(28)36(39,40)41/h11-14,19-21,23,30H,9-10,15-18,22H2,1-8H3/b25-19+. The Balaban J connectivity index is 1.97. The fourth-order valence-corrected chi connectivity index (χ4v) is 4.99. The molecule has 0 N–H and O–H groups in total. The first-order chi connectivity index (χ1) is 21.7. The van der Waals surface area contributed by atoms with Gasteiger partial charge in [-0.3, -0.25) is 9.59 Å². The van der Waals surface area contributed by atoms with Crippen LogP contribution in [0.1, 0.15) is 90.3 Å². The molecule has 0 bridgehead atoms. The topological polar surface area (TPSA) is 71.1 Å². The molecule has 0 amide bonds. The number of hydrogen-bond donors (Lipinski definition) is 0. The lowest BCUT2D eigenvalue weighted by atomic mass is 9.72. The molecule has 0 aliphatic heterocycles. The third-order valence-electron chi connectivity index (χ3n) is 7.52. The van der Waals surface area contributed by atoms with Crippen molar-refractivity contribution in [1.82, 2.24) is 0 Å². The van der Waals surface area contributed by atoms with E-state index in [-0.39, 0.29) is 71.4 Å². The van der Waals surface area contributed by atoms with Crippen LogP contribution < -0.4 is 14.2 Å². The summed E-state index contributed by atoms with van der Waals surface area (Å²) in [6.45, 7) is 11.9. The highest BCUT2D eigenvalue weighted by molar-refractivity contribution is 6.14. The zero-order valence-corrected chi connectivity index (χ0v) is 28.5. The van der Waals surface area contributed by atoms with Crippen LogP contribution in [0.3, 0.4) is 0 Å². The Bertz CT molecular complexity index is 1370. The number of aldehydes is 1. The number of benzene rings is 2. The molecule has 0 radical (unpaired) electrons. The predicted molar refractivity (Wildman–Crippen MR) is 172 cm³/mol. The summed E-state index contributed by atoms with van der Waals surface area (Å²) < 4.78 is 91.5. The van der Waals surface area contributed by atoms with Crippen molar-refractivity contribution in [1.29, 1.82) is 0 Å². The molecule has 262 valence electrons. The Kier molecular flexibility index (Phi) is 13.9. The largest absolute Gasteiger partial charge is 0.497 e. The van der Waals surface area contributed by atoms with Crippen molar-refractivity contribution in [2.24, 2.45) is 16.7 Å². The zero-order chi connectivity index (χ0) is 35.6. The summed E-state index contributed by atoms with van der Waals surface area (Å²) >= 11 is 0. The van der Waals surface area contributed by atoms with Gasteiger partial charge in [0.25, 0.3) is 0 Å². The quantitative estimate of drug-likeness (QED) is 0.0442. The molecule has 2 aromatic carbocycles. The van der Waals surface area contributed by atoms with E-state index in [1.165, 1.54) is 44.6 Å². The van der Waals surface area contributed by atoms with Crippen molar-refractivity contribution < 1.29 is 50.5 Å². The van der Waals surface area contributed by atoms with Crippen molar-refractivity contribution >= 4 is 23.9 Å². The number of hydrogen-bond acceptors (Lipinski definition) is 6. The Morgan fingerprint density at radius 2 is 1.45 bits per heavy atom. The first-order valence-electron chi connectivity index (χ1n) is 15.5. The van der Waals surface area contributed by atoms with E-state index in [4.69, 9.17) is 18.9 Å². The van der Waals surface area contributed by atoms with Crippen LogP contribution in [-0.4, -0.2) is 45.6 Å². The lowest BCUT2D eigenvalue weighted by Gasteiger charge is -2.33. The first-order valence-corrected chi connectivity index (χ1v) is 15.5. The molecule has 11 heteroatoms. The maximum Gasteiger partial charge on any atom is 0.417 e. The zero-order valence-electron chi connectivity index (χ0n) is 28.5. The molecular formula is C36H47F5O6. The first kappa shape index (κ1) is 39.5. The van der Waals surface area contributed by atoms with Gasteiger partial charge in [0.15, 0.2) is 6.29 Å². The Morgan fingerprint density at radius 1 is 0.830 bits per heavy atom. The van der Waals surface area contributed by atoms with Gasteiger partial charge in [-0.05, 0) is 72.1 Å². The van der Waals surface area contributed by atoms with E-state index in [0.717, 1.165) is 12.1 Å². The van der Waals surface area contributed by atoms with Crippen molar-refractivity contribution in [2.45, 2.75) is 85.7 Å². The number of halogens is 5. The van der Waals surface area contributed by atoms with E-state index in [1.807, 2.05) is 41.5 Å². The van der Waals surface area contributed by atoms with Crippen LogP contribution in [0, 0.1) is 16.7 Å². The molecule has 0 heterocycles. The van der Waals surface area contributed by atoms with Crippen molar-refractivity contribution in [3.63, 3.8) is 0 Å². The van der Waals surface area contributed by atoms with Gasteiger partial charge in [0.1, 0.15) is 17.2 Å². The molecule has 1 unspecified atom stereocenters. The van der Waals surface area contributed by atoms with Crippen LogP contribution in [0.2, 0.25) is 0 Å². The second-order valence-electron chi connectivity index (χ2n) is 13.8. The Morgan fingerprint density at radius 3 is 1.98 bits per heavy atom. The van der Waals surface area contributed by atoms with E-state index in [0.29, 0.717) is 24.0 Å². The molecule has 2 rings (SSSR count). The summed E-state index contributed by atoms with van der Waals surface area (Å²) in [7, 11) is 2.59. The summed E-state index contributed by atoms with van der Waals surface area (Å²) in [5, 5.41) is 0. The number of allylic oxidation sites excluding steroid dienone is 1. The van der Waals surface area contributed by atoms with Crippen molar-refractivity contribution in [2.75, 3.05) is 27.4 Å². The Hall–Kier alpha value is -3.63. The minimum atomic E-state index is -4.74. The van der Waals surface area contributed by atoms with Crippen LogP contribution in [0.4, 0.5) is 22.0 Å². The van der Waals surface area contributed by atoms with Crippen molar-refractivity contribution in [3.8, 4) is 17.2 Å². The monoisotopic (exact) mass is 670 g/mol. The average Bonchev–Trinajstić information content (AvgIpc) is 2.97. The number of methoxy groups -OCH3 is 2. The highest BCUT2D eigenvalue weighted by Gasteiger charge is 2.37. The average molecular weight is 671 g/mol. The van der Waals surface area contributed by atoms with E-state index < -0.39 is 30.5 Å². The number of rotatable bonds is 16. The van der Waals surface area contributed by atoms with Crippen LogP contribution in [-0.2, 0) is 20.5 Å². The van der Waals surface area contributed by atoms with Crippen LogP contribution >= 0.6 is 0 Å². The smallest absolute Gasteiger partial charge is 0.417 e. The molecule has 1 atom stereocenters. The molecule has 0 fully saturated rings. The summed E-state index contributed by atoms with van der Waals surface area (Å²) in [6, 6.07) is 7.76. The highest BCUT2D eigenvalue weighted by Crippen LogP contribution is 2.39. The maximum absolute atomic E-state index is 14.5. The minimum Gasteiger partial charge on any atom is -0.497 e. The molecule has 0 saturated heterocycles. The van der Waals surface area contributed by atoms with Gasteiger partial charge in [-0.25, -0.2) is 8.78 Å². The van der Waals surface area contributed by atoms with E-state index in [9.17, 15) is 31.5 Å². The summed E-state index contributed by atoms with van der Waals surface area (Å²) in [6.07, 6.45) is -3.32. The minimum absolute atomic E-state index is 0.00923. The SMILES string of the molecule is COc1ccc(/C(C=O)=C/c2ccc(OCCCC(F)(F)CCCOC(=O)C(CC(C)(C)C)C(C)(C)C)cc2OC)c(C(F)(F)F)c1. The van der Waals surface area contributed by atoms with Gasteiger partial charge in [-0.1, -0.05) is 41.5 Å². The van der Waals surface area contributed by atoms with Gasteiger partial charge in [0.2, 0.25) is 5.92 Å². The van der Waals surface area contributed by atoms with Gasteiger partial charge in [0.05, 0.1) is 38.9 Å². The van der Waals surface area contributed by atoms with Crippen LogP contribution in [0.25, 0.3) is 11.6 Å². The van der Waals surface area contributed by atoms with Gasteiger partial charge >= 0.3 is 12.1 Å². The van der Waals surface area contributed by atoms with Gasteiger partial charge in [-0.15, -0.1) is 0 Å². The van der Waals surface area contributed by atoms with Gasteiger partial charge in [-0.2, -0.15) is 13.2 Å². The second kappa shape index (κ2) is 16.5. The van der Waals surface area contributed by atoms with Gasteiger partial charge < -0.3 is 18.9 Å². The number of ether oxygens (including phenoxy) is 4. The molecule has 6 nitrogen and oxygen atoms in total. The molecule has 0 aliphatic rings. The number of esters is 1. The number of carbonyl (C=O) groups excluding carboxylic acids is 2. The second-order valence-corrected chi connectivity index (χ2v) is 13.8. The lowest BCUT2D eigenvalue weighted by Crippen LogP contribution is -2.34. The van der Waals surface area contributed by atoms with Crippen LogP contribution in [0.15, 0.2) is 36.4 Å². The van der Waals surface area contributed by atoms with E-state index in [2.05, 4.69) is 0 Å². The molecule has 47 heavy (non-hydrogen) atoms. The third-order valence-corrected chi connectivity index (χ3v) is 7.52. The van der Waals surface area contributed by atoms with E-state index in [1.54, 1.807) is 0 Å². The fourth-order valence-electron chi connectivity index (χ4n) is 4.99. The molecule has 0 spiro atoms. The van der Waals surface area contributed by atoms with Gasteiger partial charge in [0, 0.05) is 30.0 Å². The maximum atomic E-state index is 14.5.